The van der Waals surface area contributed by atoms with Crippen molar-refractivity contribution in [1.29, 1.82) is 5.26 Å². The molecule has 0 N–H and O–H groups in total. The molecule has 1 aromatic rings. The number of fused-ring (bicyclic) bond motifs is 2. The summed E-state index contributed by atoms with van der Waals surface area (Å²) in [6.45, 7) is 7.57. The van der Waals surface area contributed by atoms with Crippen molar-refractivity contribution >= 4 is 28.8 Å². The molecule has 33 heavy (non-hydrogen) atoms. The van der Waals surface area contributed by atoms with E-state index in [1.165, 1.54) is 10.5 Å². The fourth-order valence-corrected chi connectivity index (χ4v) is 6.56. The molecule has 1 saturated heterocycles. The number of hydrogen-bond donors (Lipinski definition) is 0. The van der Waals surface area contributed by atoms with Gasteiger partial charge in [-0.2, -0.15) is 5.26 Å². The van der Waals surface area contributed by atoms with Gasteiger partial charge in [0.15, 0.2) is 5.78 Å². The molecule has 6 nitrogen and oxygen atoms in total. The second-order valence-electron chi connectivity index (χ2n) is 10.8. The molecule has 4 atom stereocenters. The van der Waals surface area contributed by atoms with Gasteiger partial charge in [0.1, 0.15) is 5.60 Å². The average molecular weight is 470 g/mol. The highest BCUT2D eigenvalue weighted by Crippen LogP contribution is 2.44. The van der Waals surface area contributed by atoms with Crippen LogP contribution >= 0.6 is 11.3 Å². The SMILES string of the molecule is CN1CC=C(c2ccc(C[C@@H](C#N)CC(=O)[C@@H]3[C@H]4CC[C@H](C4)N3C(=O)OC(C)(C)C)s2)CC1. The predicted molar refractivity (Wildman–Crippen MR) is 130 cm³/mol. The van der Waals surface area contributed by atoms with Gasteiger partial charge in [0.25, 0.3) is 0 Å². The second-order valence-corrected chi connectivity index (χ2v) is 11.9. The van der Waals surface area contributed by atoms with Crippen molar-refractivity contribution in [3.05, 3.63) is 28.0 Å². The number of nitriles is 1. The summed E-state index contributed by atoms with van der Waals surface area (Å²) in [5.41, 5.74) is 0.783. The number of carbonyl (C=O) groups excluding carboxylic acids is 2. The number of amides is 1. The van der Waals surface area contributed by atoms with E-state index in [-0.39, 0.29) is 30.1 Å². The van der Waals surface area contributed by atoms with Crippen LogP contribution in [0.3, 0.4) is 0 Å². The van der Waals surface area contributed by atoms with Crippen molar-refractivity contribution in [2.45, 2.75) is 77.0 Å². The van der Waals surface area contributed by atoms with E-state index in [0.29, 0.717) is 6.42 Å². The number of piperidine rings is 1. The molecule has 2 aliphatic heterocycles. The van der Waals surface area contributed by atoms with Gasteiger partial charge in [-0.15, -0.1) is 11.3 Å². The molecule has 3 aliphatic rings. The van der Waals surface area contributed by atoms with Crippen molar-refractivity contribution in [2.75, 3.05) is 20.1 Å². The van der Waals surface area contributed by atoms with E-state index in [0.717, 1.165) is 43.6 Å². The number of rotatable bonds is 6. The van der Waals surface area contributed by atoms with Crippen LogP contribution in [0.5, 0.6) is 0 Å². The normalized spacial score (nSPS) is 26.1. The number of ether oxygens (including phenoxy) is 1. The van der Waals surface area contributed by atoms with Gasteiger partial charge < -0.3 is 9.64 Å². The third-order valence-electron chi connectivity index (χ3n) is 6.99. The van der Waals surface area contributed by atoms with Crippen molar-refractivity contribution in [1.82, 2.24) is 9.80 Å². The maximum absolute atomic E-state index is 13.3. The van der Waals surface area contributed by atoms with Gasteiger partial charge in [0.2, 0.25) is 0 Å². The Hall–Kier alpha value is -2.17. The highest BCUT2D eigenvalue weighted by molar-refractivity contribution is 7.13. The van der Waals surface area contributed by atoms with Crippen LogP contribution in [0.25, 0.3) is 5.57 Å². The van der Waals surface area contributed by atoms with Crippen LogP contribution in [0.2, 0.25) is 0 Å². The molecule has 0 unspecified atom stereocenters. The Morgan fingerprint density at radius 2 is 2.09 bits per heavy atom. The van der Waals surface area contributed by atoms with E-state index in [9.17, 15) is 14.9 Å². The minimum Gasteiger partial charge on any atom is -0.444 e. The number of thiophene rings is 1. The van der Waals surface area contributed by atoms with Crippen molar-refractivity contribution in [3.8, 4) is 6.07 Å². The molecule has 1 saturated carbocycles. The lowest BCUT2D eigenvalue weighted by Crippen LogP contribution is -2.51. The van der Waals surface area contributed by atoms with Gasteiger partial charge in [-0.05, 0) is 83.5 Å². The minimum absolute atomic E-state index is 0.00872. The lowest BCUT2D eigenvalue weighted by Gasteiger charge is -2.35. The molecule has 0 spiro atoms. The Balaban J connectivity index is 1.40. The molecule has 178 valence electrons. The Kier molecular flexibility index (Phi) is 6.97. The Labute approximate surface area is 201 Å². The van der Waals surface area contributed by atoms with Crippen molar-refractivity contribution < 1.29 is 14.3 Å². The summed E-state index contributed by atoms with van der Waals surface area (Å²) >= 11 is 1.73. The van der Waals surface area contributed by atoms with E-state index in [1.807, 2.05) is 20.8 Å². The summed E-state index contributed by atoms with van der Waals surface area (Å²) in [5.74, 6) is -0.177. The molecule has 1 amide bonds. The molecular formula is C26H35N3O3S. The van der Waals surface area contributed by atoms with Crippen LogP contribution < -0.4 is 0 Å². The fourth-order valence-electron chi connectivity index (χ4n) is 5.41. The highest BCUT2D eigenvalue weighted by atomic mass is 32.1. The van der Waals surface area contributed by atoms with E-state index in [2.05, 4.69) is 36.2 Å². The second kappa shape index (κ2) is 9.60. The number of Topliss-reactive ketones (excluding diaryl/α,β-unsaturated/α-hetero) is 1. The van der Waals surface area contributed by atoms with Crippen LogP contribution in [-0.2, 0) is 16.0 Å². The molecule has 0 aromatic carbocycles. The first-order valence-corrected chi connectivity index (χ1v) is 12.9. The van der Waals surface area contributed by atoms with Crippen LogP contribution in [0.1, 0.15) is 62.6 Å². The number of carbonyl (C=O) groups is 2. The highest BCUT2D eigenvalue weighted by Gasteiger charge is 2.52. The topological polar surface area (TPSA) is 73.6 Å². The zero-order valence-electron chi connectivity index (χ0n) is 20.2. The number of ketones is 1. The first-order valence-electron chi connectivity index (χ1n) is 12.0. The van der Waals surface area contributed by atoms with Gasteiger partial charge in [0.05, 0.1) is 18.0 Å². The standard InChI is InChI=1S/C26H35N3O3S/c1-26(2,3)32-25(31)29-20-6-5-19(15-20)24(29)22(30)14-17(16-27)13-21-7-8-23(33-21)18-9-11-28(4)12-10-18/h7-9,17,19-20,24H,5-6,10-15H2,1-4H3/t17-,19+,20-,24+/m1/s1. The summed E-state index contributed by atoms with van der Waals surface area (Å²) < 4.78 is 5.61. The number of likely N-dealkylation sites (tertiary alicyclic amines) is 1. The zero-order valence-corrected chi connectivity index (χ0v) is 21.0. The zero-order chi connectivity index (χ0) is 23.8. The fraction of sp³-hybridized carbons (Fsp3) is 0.654. The van der Waals surface area contributed by atoms with Gasteiger partial charge in [-0.3, -0.25) is 9.69 Å². The number of likely N-dealkylation sites (N-methyl/N-ethyl adjacent to an activating group) is 1. The molecule has 2 bridgehead atoms. The van der Waals surface area contributed by atoms with Gasteiger partial charge >= 0.3 is 6.09 Å². The monoisotopic (exact) mass is 469 g/mol. The third kappa shape index (κ3) is 5.50. The Bertz CT molecular complexity index is 970. The molecule has 1 aromatic heterocycles. The number of nitrogens with zero attached hydrogens (tertiary/aromatic N) is 3. The van der Waals surface area contributed by atoms with E-state index >= 15 is 0 Å². The third-order valence-corrected chi connectivity index (χ3v) is 8.17. The largest absolute Gasteiger partial charge is 0.444 e. The van der Waals surface area contributed by atoms with Gasteiger partial charge in [-0.25, -0.2) is 4.79 Å². The summed E-state index contributed by atoms with van der Waals surface area (Å²) in [6, 6.07) is 6.24. The Morgan fingerprint density at radius 1 is 1.30 bits per heavy atom. The molecule has 2 fully saturated rings. The van der Waals surface area contributed by atoms with E-state index < -0.39 is 17.7 Å². The van der Waals surface area contributed by atoms with Crippen molar-refractivity contribution in [3.63, 3.8) is 0 Å². The molecule has 1 aliphatic carbocycles. The Morgan fingerprint density at radius 3 is 2.76 bits per heavy atom. The predicted octanol–water partition coefficient (Wildman–Crippen LogP) is 4.90. The summed E-state index contributed by atoms with van der Waals surface area (Å²) in [7, 11) is 2.13. The first-order chi connectivity index (χ1) is 15.6. The molecule has 4 rings (SSSR count). The van der Waals surface area contributed by atoms with Crippen molar-refractivity contribution in [2.24, 2.45) is 11.8 Å². The maximum Gasteiger partial charge on any atom is 0.411 e. The first kappa shape index (κ1) is 24.0. The summed E-state index contributed by atoms with van der Waals surface area (Å²) in [4.78, 5) is 32.6. The lowest BCUT2D eigenvalue weighted by molar-refractivity contribution is -0.126. The van der Waals surface area contributed by atoms with E-state index in [1.54, 1.807) is 16.2 Å². The average Bonchev–Trinajstić information content (AvgIpc) is 3.48. The van der Waals surface area contributed by atoms with Crippen LogP contribution in [0, 0.1) is 23.2 Å². The quantitative estimate of drug-likeness (QED) is 0.593. The smallest absolute Gasteiger partial charge is 0.411 e. The maximum atomic E-state index is 13.3. The summed E-state index contributed by atoms with van der Waals surface area (Å²) in [5, 5.41) is 9.80. The minimum atomic E-state index is -0.595. The number of hydrogen-bond acceptors (Lipinski definition) is 6. The van der Waals surface area contributed by atoms with Gasteiger partial charge in [-0.1, -0.05) is 6.08 Å². The molecule has 3 heterocycles. The van der Waals surface area contributed by atoms with Crippen LogP contribution in [0.15, 0.2) is 18.2 Å². The molecule has 0 radical (unpaired) electrons. The molecular weight excluding hydrogens is 434 g/mol. The molecule has 7 heteroatoms. The lowest BCUT2D eigenvalue weighted by atomic mass is 9.89. The summed E-state index contributed by atoms with van der Waals surface area (Å²) in [6.07, 6.45) is 6.46. The van der Waals surface area contributed by atoms with Crippen LogP contribution in [0.4, 0.5) is 4.79 Å². The van der Waals surface area contributed by atoms with Gasteiger partial charge in [0, 0.05) is 35.3 Å². The van der Waals surface area contributed by atoms with E-state index in [4.69, 9.17) is 4.74 Å². The van der Waals surface area contributed by atoms with Crippen LogP contribution in [-0.4, -0.2) is 59.5 Å².